The fourth-order valence-corrected chi connectivity index (χ4v) is 4.52. The number of nitrogens with zero attached hydrogens (tertiary/aromatic N) is 5. The molecule has 5 aromatic rings. The number of aromatic nitrogens is 4. The van der Waals surface area contributed by atoms with Gasteiger partial charge in [-0.1, -0.05) is 29.7 Å². The van der Waals surface area contributed by atoms with Crippen LogP contribution >= 0.6 is 11.6 Å². The Morgan fingerprint density at radius 1 is 1.02 bits per heavy atom. The summed E-state index contributed by atoms with van der Waals surface area (Å²) in [5.41, 5.74) is 3.90. The number of amides is 2. The van der Waals surface area contributed by atoms with Gasteiger partial charge in [0.2, 0.25) is 0 Å². The fraction of sp³-hybridized carbons (Fsp3) is 0.129. The van der Waals surface area contributed by atoms with Crippen LogP contribution in [0.4, 0.5) is 4.39 Å². The predicted octanol–water partition coefficient (Wildman–Crippen LogP) is 4.26. The highest BCUT2D eigenvalue weighted by atomic mass is 35.5. The summed E-state index contributed by atoms with van der Waals surface area (Å²) in [6.45, 7) is 2.08. The Bertz CT molecular complexity index is 1910. The van der Waals surface area contributed by atoms with Crippen molar-refractivity contribution < 1.29 is 14.0 Å². The zero-order valence-electron chi connectivity index (χ0n) is 22.4. The van der Waals surface area contributed by atoms with Crippen molar-refractivity contribution in [2.45, 2.75) is 20.0 Å². The third kappa shape index (κ3) is 5.99. The molecule has 2 N–H and O–H groups in total. The second kappa shape index (κ2) is 12.4. The average molecular weight is 580 g/mol. The van der Waals surface area contributed by atoms with E-state index in [1.807, 2.05) is 25.1 Å². The lowest BCUT2D eigenvalue weighted by Gasteiger charge is -2.13. The highest BCUT2D eigenvalue weighted by Gasteiger charge is 2.17. The number of hydrogen-bond donors (Lipinski definition) is 2. The molecule has 2 amide bonds. The molecule has 0 aliphatic rings. The molecule has 0 fully saturated rings. The minimum absolute atomic E-state index is 0.124. The van der Waals surface area contributed by atoms with Crippen LogP contribution in [0.25, 0.3) is 5.65 Å². The van der Waals surface area contributed by atoms with Crippen LogP contribution in [-0.4, -0.2) is 37.5 Å². The first-order valence-corrected chi connectivity index (χ1v) is 13.2. The summed E-state index contributed by atoms with van der Waals surface area (Å²) in [6.07, 6.45) is 3.29. The van der Waals surface area contributed by atoms with Crippen molar-refractivity contribution in [3.8, 4) is 17.9 Å². The van der Waals surface area contributed by atoms with Gasteiger partial charge in [0.05, 0.1) is 6.20 Å². The van der Waals surface area contributed by atoms with Crippen LogP contribution in [-0.2, 0) is 13.1 Å². The summed E-state index contributed by atoms with van der Waals surface area (Å²) in [4.78, 5) is 30.1. The van der Waals surface area contributed by atoms with Gasteiger partial charge in [0.25, 0.3) is 11.8 Å². The summed E-state index contributed by atoms with van der Waals surface area (Å²) >= 11 is 6.05. The second-order valence-electron chi connectivity index (χ2n) is 9.22. The van der Waals surface area contributed by atoms with E-state index in [2.05, 4.69) is 32.6 Å². The Labute approximate surface area is 245 Å². The maximum atomic E-state index is 14.1. The highest BCUT2D eigenvalue weighted by Crippen LogP contribution is 2.19. The molecule has 0 bridgehead atoms. The fourth-order valence-electron chi connectivity index (χ4n) is 4.29. The van der Waals surface area contributed by atoms with E-state index >= 15 is 0 Å². The molecule has 0 saturated heterocycles. The molecule has 0 unspecified atom stereocenters. The number of fused-ring (bicyclic) bond motifs is 1. The van der Waals surface area contributed by atoms with Crippen LogP contribution in [0.5, 0.6) is 0 Å². The Hall–Kier alpha value is -5.45. The van der Waals surface area contributed by atoms with Gasteiger partial charge in [-0.25, -0.2) is 13.9 Å². The smallest absolute Gasteiger partial charge is 0.268 e. The van der Waals surface area contributed by atoms with Gasteiger partial charge in [-0.2, -0.15) is 10.4 Å². The predicted molar refractivity (Wildman–Crippen MR) is 154 cm³/mol. The SMILES string of the molecule is Cc1ccc(C(=O)NCCn2c(C#N)ccc2C(=O)NCc2c(F)cccc2Cl)cc1C#Cc1cnc2cccnn12. The Morgan fingerprint density at radius 2 is 1.88 bits per heavy atom. The van der Waals surface area contributed by atoms with E-state index in [1.54, 1.807) is 35.1 Å². The highest BCUT2D eigenvalue weighted by molar-refractivity contribution is 6.31. The number of aryl methyl sites for hydroxylation is 1. The van der Waals surface area contributed by atoms with E-state index in [0.717, 1.165) is 5.56 Å². The summed E-state index contributed by atoms with van der Waals surface area (Å²) in [7, 11) is 0. The van der Waals surface area contributed by atoms with Gasteiger partial charge in [-0.15, -0.1) is 0 Å². The van der Waals surface area contributed by atoms with Crippen molar-refractivity contribution in [3.63, 3.8) is 0 Å². The van der Waals surface area contributed by atoms with E-state index < -0.39 is 11.7 Å². The van der Waals surface area contributed by atoms with Crippen molar-refractivity contribution in [2.24, 2.45) is 0 Å². The number of benzene rings is 2. The Balaban J connectivity index is 1.25. The molecule has 0 saturated carbocycles. The normalized spacial score (nSPS) is 10.5. The van der Waals surface area contributed by atoms with Gasteiger partial charge < -0.3 is 15.2 Å². The Morgan fingerprint density at radius 3 is 2.69 bits per heavy atom. The van der Waals surface area contributed by atoms with Gasteiger partial charge in [0.1, 0.15) is 29.0 Å². The zero-order chi connectivity index (χ0) is 29.6. The molecule has 0 aliphatic heterocycles. The molecule has 0 spiro atoms. The summed E-state index contributed by atoms with van der Waals surface area (Å²) in [6, 6.07) is 18.2. The van der Waals surface area contributed by atoms with E-state index in [9.17, 15) is 19.2 Å². The molecule has 42 heavy (non-hydrogen) atoms. The van der Waals surface area contributed by atoms with Crippen LogP contribution in [0.1, 0.15) is 48.9 Å². The summed E-state index contributed by atoms with van der Waals surface area (Å²) < 4.78 is 17.2. The lowest BCUT2D eigenvalue weighted by molar-refractivity contribution is 0.0941. The number of nitriles is 1. The van der Waals surface area contributed by atoms with Crippen molar-refractivity contribution in [2.75, 3.05) is 6.54 Å². The standard InChI is InChI=1S/C31H23ClFN7O2/c1-20-7-8-22(16-21(20)9-10-24-18-36-29-6-3-13-38-40(24)29)30(41)35-14-15-39-23(17-34)11-12-28(39)31(42)37-19-25-26(32)4-2-5-27(25)33/h2-8,11-13,16,18H,14-15,19H2,1H3,(H,35,41)(H,37,42). The third-order valence-electron chi connectivity index (χ3n) is 6.54. The molecule has 0 atom stereocenters. The molecular formula is C31H23ClFN7O2. The minimum atomic E-state index is -0.531. The first-order valence-electron chi connectivity index (χ1n) is 12.9. The number of hydrogen-bond acceptors (Lipinski definition) is 5. The lowest BCUT2D eigenvalue weighted by atomic mass is 10.0. The molecule has 11 heteroatoms. The third-order valence-corrected chi connectivity index (χ3v) is 6.89. The first-order chi connectivity index (χ1) is 20.4. The number of carbonyl (C=O) groups is 2. The minimum Gasteiger partial charge on any atom is -0.350 e. The van der Waals surface area contributed by atoms with Crippen LogP contribution in [0.3, 0.4) is 0 Å². The van der Waals surface area contributed by atoms with Gasteiger partial charge in [-0.3, -0.25) is 9.59 Å². The van der Waals surface area contributed by atoms with E-state index in [-0.39, 0.29) is 47.5 Å². The van der Waals surface area contributed by atoms with Gasteiger partial charge >= 0.3 is 0 Å². The molecule has 5 rings (SSSR count). The zero-order valence-corrected chi connectivity index (χ0v) is 23.1. The summed E-state index contributed by atoms with van der Waals surface area (Å²) in [5.74, 6) is 4.79. The lowest BCUT2D eigenvalue weighted by Crippen LogP contribution is -2.30. The number of halogens is 2. The largest absolute Gasteiger partial charge is 0.350 e. The molecule has 0 radical (unpaired) electrons. The maximum Gasteiger partial charge on any atom is 0.268 e. The van der Waals surface area contributed by atoms with Crippen LogP contribution < -0.4 is 10.6 Å². The topological polar surface area (TPSA) is 117 Å². The maximum absolute atomic E-state index is 14.1. The van der Waals surface area contributed by atoms with Crippen molar-refractivity contribution >= 4 is 29.1 Å². The van der Waals surface area contributed by atoms with E-state index in [0.29, 0.717) is 22.5 Å². The monoisotopic (exact) mass is 579 g/mol. The van der Waals surface area contributed by atoms with Gasteiger partial charge in [-0.05, 0) is 66.9 Å². The Kier molecular flexibility index (Phi) is 8.28. The quantitative estimate of drug-likeness (QED) is 0.279. The molecule has 3 aromatic heterocycles. The van der Waals surface area contributed by atoms with Crippen molar-refractivity contribution in [1.82, 2.24) is 29.8 Å². The second-order valence-corrected chi connectivity index (χ2v) is 9.63. The van der Waals surface area contributed by atoms with E-state index in [4.69, 9.17) is 11.6 Å². The number of carbonyl (C=O) groups excluding carboxylic acids is 2. The number of nitrogens with one attached hydrogen (secondary N) is 2. The average Bonchev–Trinajstić information content (AvgIpc) is 3.60. The van der Waals surface area contributed by atoms with E-state index in [1.165, 1.54) is 34.9 Å². The van der Waals surface area contributed by atoms with Crippen molar-refractivity contribution in [1.29, 1.82) is 5.26 Å². The van der Waals surface area contributed by atoms with Crippen LogP contribution in [0.15, 0.2) is 73.1 Å². The van der Waals surface area contributed by atoms with Crippen LogP contribution in [0.2, 0.25) is 5.02 Å². The molecule has 0 aliphatic carbocycles. The molecule has 3 heterocycles. The van der Waals surface area contributed by atoms with Gasteiger partial charge in [0, 0.05) is 47.5 Å². The first kappa shape index (κ1) is 28.1. The molecule has 9 nitrogen and oxygen atoms in total. The van der Waals surface area contributed by atoms with Crippen LogP contribution in [0, 0.1) is 35.9 Å². The molecule has 208 valence electrons. The molecular weight excluding hydrogens is 557 g/mol. The van der Waals surface area contributed by atoms with Gasteiger partial charge in [0.15, 0.2) is 5.65 Å². The number of imidazole rings is 1. The molecule has 2 aromatic carbocycles. The summed E-state index contributed by atoms with van der Waals surface area (Å²) in [5, 5.41) is 19.5. The number of rotatable bonds is 7. The van der Waals surface area contributed by atoms with Crippen molar-refractivity contribution in [3.05, 3.63) is 123 Å².